The van der Waals surface area contributed by atoms with Gasteiger partial charge in [0.15, 0.2) is 0 Å². The van der Waals surface area contributed by atoms with E-state index in [0.717, 1.165) is 18.3 Å². The van der Waals surface area contributed by atoms with Crippen molar-refractivity contribution in [2.24, 2.45) is 13.0 Å². The van der Waals surface area contributed by atoms with E-state index in [1.807, 2.05) is 11.7 Å². The highest BCUT2D eigenvalue weighted by Gasteiger charge is 2.38. The average Bonchev–Trinajstić information content (AvgIpc) is 2.66. The van der Waals surface area contributed by atoms with Crippen LogP contribution in [0.5, 0.6) is 0 Å². The number of aryl methyl sites for hydroxylation is 1. The lowest BCUT2D eigenvalue weighted by Gasteiger charge is -2.34. The minimum Gasteiger partial charge on any atom is -0.291 e. The van der Waals surface area contributed by atoms with E-state index in [1.54, 1.807) is 6.33 Å². The summed E-state index contributed by atoms with van der Waals surface area (Å²) in [6.45, 7) is 9.05. The first-order valence-electron chi connectivity index (χ1n) is 5.59. The Morgan fingerprint density at radius 2 is 2.27 bits per heavy atom. The summed E-state index contributed by atoms with van der Waals surface area (Å²) in [5, 5.41) is 4.10. The zero-order valence-electron chi connectivity index (χ0n) is 10.1. The number of hydrogen-bond donors (Lipinski definition) is 0. The number of aromatic nitrogens is 3. The molecule has 0 bridgehead atoms. The zero-order chi connectivity index (χ0) is 11.1. The summed E-state index contributed by atoms with van der Waals surface area (Å²) in [6.07, 6.45) is 2.91. The Hall–Kier alpha value is -0.900. The molecule has 0 aromatic carbocycles. The van der Waals surface area contributed by atoms with E-state index in [4.69, 9.17) is 0 Å². The average molecular weight is 208 g/mol. The molecule has 4 nitrogen and oxygen atoms in total. The molecule has 0 saturated carbocycles. The molecule has 0 aliphatic carbocycles. The van der Waals surface area contributed by atoms with Crippen molar-refractivity contribution in [3.63, 3.8) is 0 Å². The van der Waals surface area contributed by atoms with Gasteiger partial charge >= 0.3 is 0 Å². The first kappa shape index (κ1) is 10.6. The van der Waals surface area contributed by atoms with Crippen LogP contribution in [0.15, 0.2) is 6.33 Å². The maximum atomic E-state index is 4.28. The summed E-state index contributed by atoms with van der Waals surface area (Å²) in [5.41, 5.74) is 0.284. The molecular weight excluding hydrogens is 188 g/mol. The number of hydrogen-bond acceptors (Lipinski definition) is 3. The SMILES string of the molecule is CC1CCN(Cc2ncnn2C)C1(C)C. The van der Waals surface area contributed by atoms with Gasteiger partial charge in [0, 0.05) is 12.6 Å². The fourth-order valence-corrected chi connectivity index (χ4v) is 2.22. The molecule has 1 aromatic rings. The van der Waals surface area contributed by atoms with Crippen molar-refractivity contribution in [3.8, 4) is 0 Å². The van der Waals surface area contributed by atoms with E-state index in [9.17, 15) is 0 Å². The Bertz CT molecular complexity index is 342. The molecule has 84 valence electrons. The van der Waals surface area contributed by atoms with Crippen LogP contribution in [0.4, 0.5) is 0 Å². The van der Waals surface area contributed by atoms with Crippen molar-refractivity contribution in [3.05, 3.63) is 12.2 Å². The van der Waals surface area contributed by atoms with Crippen LogP contribution in [0.1, 0.15) is 33.0 Å². The molecule has 0 amide bonds. The zero-order valence-corrected chi connectivity index (χ0v) is 10.1. The minimum atomic E-state index is 0.284. The summed E-state index contributed by atoms with van der Waals surface area (Å²) in [5.74, 6) is 1.81. The molecule has 1 aliphatic rings. The molecule has 4 heteroatoms. The highest BCUT2D eigenvalue weighted by molar-refractivity contribution is 4.96. The lowest BCUT2D eigenvalue weighted by Crippen LogP contribution is -2.41. The maximum absolute atomic E-state index is 4.28. The van der Waals surface area contributed by atoms with Gasteiger partial charge in [-0.1, -0.05) is 6.92 Å². The molecule has 15 heavy (non-hydrogen) atoms. The Kier molecular flexibility index (Phi) is 2.54. The standard InChI is InChI=1S/C11H20N4/c1-9-5-6-15(11(9,2)3)7-10-12-8-13-14(10)4/h8-9H,5-7H2,1-4H3. The molecule has 1 aromatic heterocycles. The van der Waals surface area contributed by atoms with Gasteiger partial charge in [-0.25, -0.2) is 4.98 Å². The van der Waals surface area contributed by atoms with E-state index in [1.165, 1.54) is 13.0 Å². The topological polar surface area (TPSA) is 34.0 Å². The van der Waals surface area contributed by atoms with Gasteiger partial charge < -0.3 is 0 Å². The molecule has 1 aliphatic heterocycles. The van der Waals surface area contributed by atoms with Gasteiger partial charge in [-0.2, -0.15) is 5.10 Å². The fraction of sp³-hybridized carbons (Fsp3) is 0.818. The molecule has 0 N–H and O–H groups in total. The third-order valence-electron chi connectivity index (χ3n) is 3.99. The third kappa shape index (κ3) is 1.78. The smallest absolute Gasteiger partial charge is 0.140 e. The van der Waals surface area contributed by atoms with Crippen LogP contribution in [0, 0.1) is 5.92 Å². The maximum Gasteiger partial charge on any atom is 0.140 e. The Balaban J connectivity index is 2.11. The molecule has 1 unspecified atom stereocenters. The summed E-state index contributed by atoms with van der Waals surface area (Å²) < 4.78 is 1.86. The van der Waals surface area contributed by atoms with Crippen LogP contribution in [0.3, 0.4) is 0 Å². The second kappa shape index (κ2) is 3.59. The second-order valence-corrected chi connectivity index (χ2v) is 5.06. The summed E-state index contributed by atoms with van der Waals surface area (Å²) in [7, 11) is 1.95. The number of rotatable bonds is 2. The largest absolute Gasteiger partial charge is 0.291 e. The van der Waals surface area contributed by atoms with Crippen molar-refractivity contribution < 1.29 is 0 Å². The monoisotopic (exact) mass is 208 g/mol. The number of nitrogens with zero attached hydrogens (tertiary/aromatic N) is 4. The van der Waals surface area contributed by atoms with Crippen molar-refractivity contribution in [2.75, 3.05) is 6.54 Å². The fourth-order valence-electron chi connectivity index (χ4n) is 2.22. The molecule has 1 atom stereocenters. The number of likely N-dealkylation sites (tertiary alicyclic amines) is 1. The van der Waals surface area contributed by atoms with E-state index >= 15 is 0 Å². The highest BCUT2D eigenvalue weighted by atomic mass is 15.3. The quantitative estimate of drug-likeness (QED) is 0.737. The van der Waals surface area contributed by atoms with Gasteiger partial charge in [0.25, 0.3) is 0 Å². The van der Waals surface area contributed by atoms with Crippen molar-refractivity contribution in [2.45, 2.75) is 39.3 Å². The molecule has 1 saturated heterocycles. The van der Waals surface area contributed by atoms with Gasteiger partial charge in [0.2, 0.25) is 0 Å². The van der Waals surface area contributed by atoms with Gasteiger partial charge in [-0.15, -0.1) is 0 Å². The van der Waals surface area contributed by atoms with Crippen LogP contribution in [-0.4, -0.2) is 31.7 Å². The Morgan fingerprint density at radius 1 is 1.53 bits per heavy atom. The normalized spacial score (nSPS) is 26.0. The van der Waals surface area contributed by atoms with Gasteiger partial charge in [0.1, 0.15) is 12.2 Å². The molecule has 2 rings (SSSR count). The molecule has 0 radical (unpaired) electrons. The van der Waals surface area contributed by atoms with Crippen LogP contribution in [-0.2, 0) is 13.6 Å². The van der Waals surface area contributed by atoms with Crippen molar-refractivity contribution in [1.29, 1.82) is 0 Å². The Labute approximate surface area is 91.3 Å². The van der Waals surface area contributed by atoms with E-state index in [0.29, 0.717) is 0 Å². The van der Waals surface area contributed by atoms with E-state index in [-0.39, 0.29) is 5.54 Å². The summed E-state index contributed by atoms with van der Waals surface area (Å²) >= 11 is 0. The molecule has 2 heterocycles. The van der Waals surface area contributed by atoms with Gasteiger partial charge in [0.05, 0.1) is 6.54 Å². The predicted molar refractivity (Wildman–Crippen MR) is 59.3 cm³/mol. The van der Waals surface area contributed by atoms with Crippen LogP contribution in [0.25, 0.3) is 0 Å². The van der Waals surface area contributed by atoms with Gasteiger partial charge in [-0.3, -0.25) is 9.58 Å². The lowest BCUT2D eigenvalue weighted by atomic mass is 9.90. The van der Waals surface area contributed by atoms with Crippen molar-refractivity contribution >= 4 is 0 Å². The third-order valence-corrected chi connectivity index (χ3v) is 3.99. The predicted octanol–water partition coefficient (Wildman–Crippen LogP) is 1.44. The van der Waals surface area contributed by atoms with E-state index in [2.05, 4.69) is 35.8 Å². The first-order valence-corrected chi connectivity index (χ1v) is 5.59. The Morgan fingerprint density at radius 3 is 2.73 bits per heavy atom. The molecular formula is C11H20N4. The highest BCUT2D eigenvalue weighted by Crippen LogP contribution is 2.34. The van der Waals surface area contributed by atoms with Crippen LogP contribution in [0.2, 0.25) is 0 Å². The van der Waals surface area contributed by atoms with Crippen molar-refractivity contribution in [1.82, 2.24) is 19.7 Å². The van der Waals surface area contributed by atoms with Gasteiger partial charge in [-0.05, 0) is 32.7 Å². The summed E-state index contributed by atoms with van der Waals surface area (Å²) in [6, 6.07) is 0. The second-order valence-electron chi connectivity index (χ2n) is 5.06. The summed E-state index contributed by atoms with van der Waals surface area (Å²) in [4.78, 5) is 6.78. The molecule has 1 fully saturated rings. The van der Waals surface area contributed by atoms with Crippen LogP contribution < -0.4 is 0 Å². The first-order chi connectivity index (χ1) is 7.01. The molecule has 0 spiro atoms. The van der Waals surface area contributed by atoms with E-state index < -0.39 is 0 Å². The minimum absolute atomic E-state index is 0.284. The lowest BCUT2D eigenvalue weighted by molar-refractivity contribution is 0.132. The van der Waals surface area contributed by atoms with Crippen LogP contribution >= 0.6 is 0 Å².